The van der Waals surface area contributed by atoms with Crippen molar-refractivity contribution in [3.05, 3.63) is 33.3 Å². The van der Waals surface area contributed by atoms with Gasteiger partial charge in [0.05, 0.1) is 6.61 Å². The molecule has 0 amide bonds. The van der Waals surface area contributed by atoms with Crippen molar-refractivity contribution in [1.29, 1.82) is 0 Å². The summed E-state index contributed by atoms with van der Waals surface area (Å²) in [6.45, 7) is 0.492. The summed E-state index contributed by atoms with van der Waals surface area (Å²) in [7, 11) is 0. The lowest BCUT2D eigenvalue weighted by molar-refractivity contribution is 0.124. The number of aryl methyl sites for hydroxylation is 1. The molecule has 0 aromatic heterocycles. The molecule has 0 fully saturated rings. The molecule has 1 aliphatic carbocycles. The minimum atomic E-state index is 0.492. The van der Waals surface area contributed by atoms with E-state index in [2.05, 4.69) is 32.9 Å². The average molecular weight is 242 g/mol. The van der Waals surface area contributed by atoms with Gasteiger partial charge in [0.1, 0.15) is 0 Å². The zero-order valence-electron chi connectivity index (χ0n) is 7.35. The van der Waals surface area contributed by atoms with E-state index in [1.165, 1.54) is 34.9 Å². The van der Waals surface area contributed by atoms with Crippen LogP contribution in [-0.4, -0.2) is 0 Å². The summed E-state index contributed by atoms with van der Waals surface area (Å²) in [6, 6.07) is 4.29. The fourth-order valence-corrected chi connectivity index (χ4v) is 2.64. The standard InChI is InChI=1S/C10H12BrNO/c11-10-5-7(6-13-12)4-8-2-1-3-9(8)10/h4-5H,1-3,6,12H2. The second kappa shape index (κ2) is 3.78. The van der Waals surface area contributed by atoms with E-state index in [4.69, 9.17) is 5.90 Å². The molecule has 3 heteroatoms. The predicted molar refractivity (Wildman–Crippen MR) is 55.1 cm³/mol. The second-order valence-electron chi connectivity index (χ2n) is 3.38. The molecule has 0 saturated heterocycles. The lowest BCUT2D eigenvalue weighted by atomic mass is 10.1. The van der Waals surface area contributed by atoms with E-state index in [1.54, 1.807) is 0 Å². The first-order valence-corrected chi connectivity index (χ1v) is 5.22. The van der Waals surface area contributed by atoms with E-state index >= 15 is 0 Å². The van der Waals surface area contributed by atoms with Gasteiger partial charge in [-0.2, -0.15) is 0 Å². The van der Waals surface area contributed by atoms with E-state index in [0.29, 0.717) is 6.61 Å². The summed E-state index contributed by atoms with van der Waals surface area (Å²) in [4.78, 5) is 4.62. The van der Waals surface area contributed by atoms with Gasteiger partial charge in [0.2, 0.25) is 0 Å². The smallest absolute Gasteiger partial charge is 0.0930 e. The number of nitrogens with two attached hydrogens (primary N) is 1. The molecule has 0 bridgehead atoms. The molecule has 1 aromatic rings. The SMILES string of the molecule is NOCc1cc(Br)c2c(c1)CCC2. The van der Waals surface area contributed by atoms with Gasteiger partial charge in [0, 0.05) is 4.47 Å². The number of fused-ring (bicyclic) bond motifs is 1. The van der Waals surface area contributed by atoms with Gasteiger partial charge in [-0.25, -0.2) is 5.90 Å². The first-order valence-electron chi connectivity index (χ1n) is 4.43. The highest BCUT2D eigenvalue weighted by Crippen LogP contribution is 2.30. The summed E-state index contributed by atoms with van der Waals surface area (Å²) in [6.07, 6.45) is 3.65. The molecule has 0 heterocycles. The van der Waals surface area contributed by atoms with Gasteiger partial charge < -0.3 is 0 Å². The molecule has 1 aliphatic rings. The van der Waals surface area contributed by atoms with Gasteiger partial charge >= 0.3 is 0 Å². The van der Waals surface area contributed by atoms with Crippen LogP contribution in [0.2, 0.25) is 0 Å². The van der Waals surface area contributed by atoms with Crippen LogP contribution in [0, 0.1) is 0 Å². The van der Waals surface area contributed by atoms with Crippen LogP contribution in [0.3, 0.4) is 0 Å². The number of halogens is 1. The zero-order valence-corrected chi connectivity index (χ0v) is 8.93. The van der Waals surface area contributed by atoms with E-state index < -0.39 is 0 Å². The van der Waals surface area contributed by atoms with Crippen LogP contribution in [-0.2, 0) is 24.3 Å². The quantitative estimate of drug-likeness (QED) is 0.808. The largest absolute Gasteiger partial charge is 0.300 e. The summed E-state index contributed by atoms with van der Waals surface area (Å²) in [5.41, 5.74) is 4.05. The fourth-order valence-electron chi connectivity index (χ4n) is 1.89. The van der Waals surface area contributed by atoms with Gasteiger partial charge in [-0.1, -0.05) is 22.0 Å². The van der Waals surface area contributed by atoms with Crippen LogP contribution < -0.4 is 5.90 Å². The zero-order chi connectivity index (χ0) is 9.26. The molecule has 0 aliphatic heterocycles. The Morgan fingerprint density at radius 1 is 1.38 bits per heavy atom. The highest BCUT2D eigenvalue weighted by atomic mass is 79.9. The Balaban J connectivity index is 2.37. The highest BCUT2D eigenvalue weighted by molar-refractivity contribution is 9.10. The minimum absolute atomic E-state index is 0.492. The molecular weight excluding hydrogens is 230 g/mol. The van der Waals surface area contributed by atoms with Crippen molar-refractivity contribution < 1.29 is 4.84 Å². The van der Waals surface area contributed by atoms with Crippen molar-refractivity contribution in [2.24, 2.45) is 5.90 Å². The second-order valence-corrected chi connectivity index (χ2v) is 4.23. The lowest BCUT2D eigenvalue weighted by Gasteiger charge is -2.06. The first-order chi connectivity index (χ1) is 6.31. The maximum absolute atomic E-state index is 5.04. The Morgan fingerprint density at radius 2 is 2.23 bits per heavy atom. The maximum atomic E-state index is 5.04. The normalized spacial score (nSPS) is 14.6. The summed E-state index contributed by atoms with van der Waals surface area (Å²) in [5.74, 6) is 5.04. The van der Waals surface area contributed by atoms with Gasteiger partial charge in [0.15, 0.2) is 0 Å². The van der Waals surface area contributed by atoms with Crippen molar-refractivity contribution in [3.8, 4) is 0 Å². The molecule has 0 unspecified atom stereocenters. The van der Waals surface area contributed by atoms with Crippen LogP contribution in [0.25, 0.3) is 0 Å². The Hall–Kier alpha value is -0.380. The lowest BCUT2D eigenvalue weighted by Crippen LogP contribution is -2.00. The minimum Gasteiger partial charge on any atom is -0.300 e. The number of hydrogen-bond donors (Lipinski definition) is 1. The third-order valence-corrected chi connectivity index (χ3v) is 3.18. The van der Waals surface area contributed by atoms with Crippen molar-refractivity contribution in [1.82, 2.24) is 0 Å². The van der Waals surface area contributed by atoms with Crippen LogP contribution in [0.4, 0.5) is 0 Å². The van der Waals surface area contributed by atoms with Gasteiger partial charge in [0.25, 0.3) is 0 Å². The van der Waals surface area contributed by atoms with Crippen LogP contribution >= 0.6 is 15.9 Å². The Morgan fingerprint density at radius 3 is 3.00 bits per heavy atom. The van der Waals surface area contributed by atoms with Crippen molar-refractivity contribution >= 4 is 15.9 Å². The Labute approximate surface area is 86.2 Å². The van der Waals surface area contributed by atoms with E-state index in [-0.39, 0.29) is 0 Å². The fraction of sp³-hybridized carbons (Fsp3) is 0.400. The highest BCUT2D eigenvalue weighted by Gasteiger charge is 2.14. The Bertz CT molecular complexity index is 325. The van der Waals surface area contributed by atoms with Gasteiger partial charge in [-0.05, 0) is 42.0 Å². The maximum Gasteiger partial charge on any atom is 0.0930 e. The molecule has 0 atom stereocenters. The van der Waals surface area contributed by atoms with E-state index in [9.17, 15) is 0 Å². The first kappa shape index (κ1) is 9.19. The van der Waals surface area contributed by atoms with E-state index in [0.717, 1.165) is 5.56 Å². The predicted octanol–water partition coefficient (Wildman–Crippen LogP) is 2.33. The number of hydrogen-bond acceptors (Lipinski definition) is 2. The van der Waals surface area contributed by atoms with Gasteiger partial charge in [-0.15, -0.1) is 0 Å². The molecule has 2 rings (SSSR count). The molecule has 1 aromatic carbocycles. The van der Waals surface area contributed by atoms with Crippen LogP contribution in [0.15, 0.2) is 16.6 Å². The van der Waals surface area contributed by atoms with Crippen LogP contribution in [0.1, 0.15) is 23.1 Å². The molecule has 70 valence electrons. The monoisotopic (exact) mass is 241 g/mol. The van der Waals surface area contributed by atoms with Crippen molar-refractivity contribution in [3.63, 3.8) is 0 Å². The molecule has 0 radical (unpaired) electrons. The Kier molecular flexibility index (Phi) is 2.67. The molecule has 13 heavy (non-hydrogen) atoms. The van der Waals surface area contributed by atoms with E-state index in [1.807, 2.05) is 0 Å². The summed E-state index contributed by atoms with van der Waals surface area (Å²) >= 11 is 3.57. The topological polar surface area (TPSA) is 35.2 Å². The third-order valence-electron chi connectivity index (χ3n) is 2.47. The van der Waals surface area contributed by atoms with Gasteiger partial charge in [-0.3, -0.25) is 4.84 Å². The molecular formula is C10H12BrNO. The third kappa shape index (κ3) is 1.77. The summed E-state index contributed by atoms with van der Waals surface area (Å²) < 4.78 is 1.20. The average Bonchev–Trinajstić information content (AvgIpc) is 2.53. The number of rotatable bonds is 2. The van der Waals surface area contributed by atoms with Crippen molar-refractivity contribution in [2.75, 3.05) is 0 Å². The molecule has 2 nitrogen and oxygen atoms in total. The molecule has 0 saturated carbocycles. The molecule has 0 spiro atoms. The number of benzene rings is 1. The van der Waals surface area contributed by atoms with Crippen molar-refractivity contribution in [2.45, 2.75) is 25.9 Å². The molecule has 2 N–H and O–H groups in total. The summed E-state index contributed by atoms with van der Waals surface area (Å²) in [5, 5.41) is 0. The van der Waals surface area contributed by atoms with Crippen LogP contribution in [0.5, 0.6) is 0 Å².